The fourth-order valence-corrected chi connectivity index (χ4v) is 3.61. The third-order valence-electron chi connectivity index (χ3n) is 2.76. The number of rotatable bonds is 5. The number of benzene rings is 1. The highest BCUT2D eigenvalue weighted by atomic mass is 35.5. The number of aliphatic hydroxyl groups is 1. The quantitative estimate of drug-likeness (QED) is 0.650. The second-order valence-electron chi connectivity index (χ2n) is 4.02. The maximum Gasteiger partial charge on any atom is 0.307 e. The van der Waals surface area contributed by atoms with E-state index in [1.54, 1.807) is 0 Å². The van der Waals surface area contributed by atoms with Gasteiger partial charge in [0.25, 0.3) is 0 Å². The van der Waals surface area contributed by atoms with Crippen molar-refractivity contribution in [2.75, 3.05) is 13.7 Å². The summed E-state index contributed by atoms with van der Waals surface area (Å²) in [6.07, 6.45) is 0. The third kappa shape index (κ3) is 3.04. The lowest BCUT2D eigenvalue weighted by Crippen LogP contribution is -2.37. The minimum Gasteiger partial charge on any atom is -0.395 e. The first-order valence-electron chi connectivity index (χ1n) is 5.35. The fourth-order valence-electron chi connectivity index (χ4n) is 1.40. The van der Waals surface area contributed by atoms with E-state index in [0.29, 0.717) is 0 Å². The molecule has 0 amide bonds. The number of halogens is 2. The monoisotopic (exact) mass is 342 g/mol. The molecule has 1 aromatic carbocycles. The molecule has 0 saturated carbocycles. The van der Waals surface area contributed by atoms with E-state index in [9.17, 15) is 18.5 Å². The molecule has 0 fully saturated rings. The Morgan fingerprint density at radius 2 is 2.00 bits per heavy atom. The molecule has 7 nitrogen and oxygen atoms in total. The van der Waals surface area contributed by atoms with E-state index in [0.717, 1.165) is 16.4 Å². The number of nitrogens with zero attached hydrogens (tertiary/aromatic N) is 2. The Bertz CT molecular complexity index is 635. The van der Waals surface area contributed by atoms with Gasteiger partial charge in [-0.25, -0.2) is 8.42 Å². The normalized spacial score (nSPS) is 13.5. The van der Waals surface area contributed by atoms with Gasteiger partial charge < -0.3 is 5.11 Å². The maximum absolute atomic E-state index is 12.3. The first-order valence-corrected chi connectivity index (χ1v) is 7.55. The minimum absolute atomic E-state index is 0.253. The van der Waals surface area contributed by atoms with Gasteiger partial charge in [0.1, 0.15) is 14.9 Å². The van der Waals surface area contributed by atoms with E-state index in [1.807, 2.05) is 0 Å². The Balaban J connectivity index is 3.48. The summed E-state index contributed by atoms with van der Waals surface area (Å²) in [7, 11) is -2.83. The highest BCUT2D eigenvalue weighted by Gasteiger charge is 2.32. The molecular formula is C10H12Cl2N2O5S. The van der Waals surface area contributed by atoms with Crippen molar-refractivity contribution in [3.05, 3.63) is 32.3 Å². The van der Waals surface area contributed by atoms with Crippen LogP contribution in [0.5, 0.6) is 0 Å². The predicted molar refractivity (Wildman–Crippen MR) is 74.6 cm³/mol. The number of hydrogen-bond donors (Lipinski definition) is 1. The molecule has 20 heavy (non-hydrogen) atoms. The Labute approximate surface area is 125 Å². The average Bonchev–Trinajstić information content (AvgIpc) is 2.36. The van der Waals surface area contributed by atoms with Gasteiger partial charge in [0.2, 0.25) is 10.0 Å². The molecule has 0 radical (unpaired) electrons. The van der Waals surface area contributed by atoms with E-state index in [1.165, 1.54) is 14.0 Å². The summed E-state index contributed by atoms with van der Waals surface area (Å²) in [5.74, 6) is 0. The zero-order chi connectivity index (χ0) is 15.7. The van der Waals surface area contributed by atoms with Gasteiger partial charge >= 0.3 is 5.69 Å². The number of aliphatic hydroxyl groups excluding tert-OH is 1. The Hall–Kier alpha value is -0.930. The van der Waals surface area contributed by atoms with Gasteiger partial charge in [0.05, 0.1) is 11.5 Å². The number of sulfonamides is 1. The van der Waals surface area contributed by atoms with Crippen LogP contribution in [0.25, 0.3) is 0 Å². The summed E-state index contributed by atoms with van der Waals surface area (Å²) >= 11 is 11.4. The standard InChI is InChI=1S/C10H12Cl2N2O5S/c1-6(5-15)13(2)20(18,19)8-4-3-7(11)10(9(8)12)14(16)17/h3-4,6,15H,5H2,1-2H3. The van der Waals surface area contributed by atoms with Crippen molar-refractivity contribution in [1.82, 2.24) is 4.31 Å². The van der Waals surface area contributed by atoms with Gasteiger partial charge in [-0.05, 0) is 19.1 Å². The van der Waals surface area contributed by atoms with E-state index in [2.05, 4.69) is 0 Å². The smallest absolute Gasteiger partial charge is 0.307 e. The molecule has 1 atom stereocenters. The number of nitro benzene ring substituents is 1. The van der Waals surface area contributed by atoms with Crippen molar-refractivity contribution in [2.24, 2.45) is 0 Å². The molecule has 1 unspecified atom stereocenters. The Morgan fingerprint density at radius 3 is 2.45 bits per heavy atom. The van der Waals surface area contributed by atoms with Crippen LogP contribution in [0.3, 0.4) is 0 Å². The second-order valence-corrected chi connectivity index (χ2v) is 6.77. The molecule has 0 aliphatic carbocycles. The molecule has 112 valence electrons. The van der Waals surface area contributed by atoms with Crippen LogP contribution < -0.4 is 0 Å². The number of likely N-dealkylation sites (N-methyl/N-ethyl adjacent to an activating group) is 1. The van der Waals surface area contributed by atoms with Crippen molar-refractivity contribution in [3.8, 4) is 0 Å². The second kappa shape index (κ2) is 6.23. The van der Waals surface area contributed by atoms with Crippen LogP contribution in [-0.2, 0) is 10.0 Å². The predicted octanol–water partition coefficient (Wildman–Crippen LogP) is 1.90. The molecule has 1 N–H and O–H groups in total. The van der Waals surface area contributed by atoms with Gasteiger partial charge in [0.15, 0.2) is 0 Å². The maximum atomic E-state index is 12.3. The van der Waals surface area contributed by atoms with E-state index < -0.39 is 43.2 Å². The topological polar surface area (TPSA) is 101 Å². The van der Waals surface area contributed by atoms with Crippen LogP contribution >= 0.6 is 23.2 Å². The van der Waals surface area contributed by atoms with Crippen molar-refractivity contribution < 1.29 is 18.4 Å². The summed E-state index contributed by atoms with van der Waals surface area (Å²) in [5.41, 5.74) is -0.667. The molecule has 0 aromatic heterocycles. The summed E-state index contributed by atoms with van der Waals surface area (Å²) in [6, 6.07) is 1.48. The lowest BCUT2D eigenvalue weighted by Gasteiger charge is -2.23. The van der Waals surface area contributed by atoms with Gasteiger partial charge in [-0.2, -0.15) is 4.31 Å². The van der Waals surface area contributed by atoms with E-state index >= 15 is 0 Å². The molecule has 1 rings (SSSR count). The van der Waals surface area contributed by atoms with Crippen LogP contribution in [0, 0.1) is 10.1 Å². The summed E-state index contributed by atoms with van der Waals surface area (Å²) in [6.45, 7) is 1.08. The highest BCUT2D eigenvalue weighted by molar-refractivity contribution is 7.89. The van der Waals surface area contributed by atoms with E-state index in [4.69, 9.17) is 28.3 Å². The van der Waals surface area contributed by atoms with Crippen LogP contribution in [0.1, 0.15) is 6.92 Å². The molecular weight excluding hydrogens is 331 g/mol. The first kappa shape index (κ1) is 17.1. The van der Waals surface area contributed by atoms with Crippen LogP contribution in [0.15, 0.2) is 17.0 Å². The van der Waals surface area contributed by atoms with Crippen molar-refractivity contribution in [3.63, 3.8) is 0 Å². The lowest BCUT2D eigenvalue weighted by molar-refractivity contribution is -0.384. The minimum atomic E-state index is -4.08. The molecule has 0 heterocycles. The van der Waals surface area contributed by atoms with Gasteiger partial charge in [-0.3, -0.25) is 10.1 Å². The number of nitro groups is 1. The third-order valence-corrected chi connectivity index (χ3v) is 5.57. The van der Waals surface area contributed by atoms with Gasteiger partial charge in [-0.15, -0.1) is 0 Å². The van der Waals surface area contributed by atoms with Gasteiger partial charge in [-0.1, -0.05) is 23.2 Å². The van der Waals surface area contributed by atoms with Crippen molar-refractivity contribution >= 4 is 38.9 Å². The zero-order valence-electron chi connectivity index (χ0n) is 10.6. The zero-order valence-corrected chi connectivity index (χ0v) is 12.9. The van der Waals surface area contributed by atoms with Crippen molar-refractivity contribution in [2.45, 2.75) is 17.9 Å². The SMILES string of the molecule is CC(CO)N(C)S(=O)(=O)c1ccc(Cl)c([N+](=O)[O-])c1Cl. The molecule has 0 saturated heterocycles. The number of hydrogen-bond acceptors (Lipinski definition) is 5. The summed E-state index contributed by atoms with van der Waals surface area (Å²) < 4.78 is 25.5. The molecule has 0 bridgehead atoms. The Morgan fingerprint density at radius 1 is 1.45 bits per heavy atom. The molecule has 0 aliphatic heterocycles. The van der Waals surface area contributed by atoms with Crippen LogP contribution in [0.2, 0.25) is 10.0 Å². The molecule has 10 heteroatoms. The highest BCUT2D eigenvalue weighted by Crippen LogP contribution is 2.38. The summed E-state index contributed by atoms with van der Waals surface area (Å²) in [4.78, 5) is 9.59. The van der Waals surface area contributed by atoms with Gasteiger partial charge in [0, 0.05) is 13.1 Å². The fraction of sp³-hybridized carbons (Fsp3) is 0.400. The summed E-state index contributed by atoms with van der Waals surface area (Å²) in [5, 5.41) is 19.1. The first-order chi connectivity index (χ1) is 9.14. The average molecular weight is 343 g/mol. The van der Waals surface area contributed by atoms with Crippen molar-refractivity contribution in [1.29, 1.82) is 0 Å². The Kier molecular flexibility index (Phi) is 5.33. The van der Waals surface area contributed by atoms with Crippen LogP contribution in [0.4, 0.5) is 5.69 Å². The molecule has 0 spiro atoms. The lowest BCUT2D eigenvalue weighted by atomic mass is 10.3. The van der Waals surface area contributed by atoms with E-state index in [-0.39, 0.29) is 5.02 Å². The molecule has 1 aromatic rings. The molecule has 0 aliphatic rings. The largest absolute Gasteiger partial charge is 0.395 e. The van der Waals surface area contributed by atoms with Crippen LogP contribution in [-0.4, -0.2) is 42.4 Å².